The first-order chi connectivity index (χ1) is 11.2. The fourth-order valence-electron chi connectivity index (χ4n) is 2.87. The van der Waals surface area contributed by atoms with Crippen molar-refractivity contribution in [3.63, 3.8) is 0 Å². The van der Waals surface area contributed by atoms with Crippen LogP contribution >= 0.6 is 11.3 Å². The minimum atomic E-state index is 0.0593. The highest BCUT2D eigenvalue weighted by molar-refractivity contribution is 7.08. The second-order valence-corrected chi connectivity index (χ2v) is 6.83. The molecule has 2 aromatic heterocycles. The lowest BCUT2D eigenvalue weighted by atomic mass is 10.2. The number of thiophene rings is 1. The molecule has 1 N–H and O–H groups in total. The summed E-state index contributed by atoms with van der Waals surface area (Å²) < 4.78 is 2.12. The molecule has 0 aromatic carbocycles. The van der Waals surface area contributed by atoms with Gasteiger partial charge in [-0.2, -0.15) is 11.3 Å². The molecule has 1 saturated carbocycles. The van der Waals surface area contributed by atoms with Crippen LogP contribution in [0.4, 0.5) is 0 Å². The number of nitrogens with zero attached hydrogens (tertiary/aromatic N) is 3. The minimum Gasteiger partial charge on any atom is -0.350 e. The zero-order chi connectivity index (χ0) is 15.8. The number of carbonyl (C=O) groups excluding carboxylic acids is 2. The highest BCUT2D eigenvalue weighted by atomic mass is 32.1. The van der Waals surface area contributed by atoms with Gasteiger partial charge in [0.25, 0.3) is 5.91 Å². The van der Waals surface area contributed by atoms with E-state index in [1.165, 1.54) is 11.3 Å². The summed E-state index contributed by atoms with van der Waals surface area (Å²) >= 11 is 1.53. The van der Waals surface area contributed by atoms with Crippen molar-refractivity contribution in [2.45, 2.75) is 32.5 Å². The third kappa shape index (κ3) is 2.88. The zero-order valence-electron chi connectivity index (χ0n) is 12.7. The van der Waals surface area contributed by atoms with Crippen LogP contribution in [0.5, 0.6) is 0 Å². The molecule has 6 nitrogen and oxygen atoms in total. The van der Waals surface area contributed by atoms with Crippen molar-refractivity contribution in [3.05, 3.63) is 40.1 Å². The predicted molar refractivity (Wildman–Crippen MR) is 85.9 cm³/mol. The maximum atomic E-state index is 12.4. The molecule has 7 heteroatoms. The minimum absolute atomic E-state index is 0.0593. The number of carbonyl (C=O) groups is 2. The molecule has 2 amide bonds. The van der Waals surface area contributed by atoms with Crippen molar-refractivity contribution < 1.29 is 9.59 Å². The normalized spacial score (nSPS) is 17.0. The van der Waals surface area contributed by atoms with E-state index in [2.05, 4.69) is 14.9 Å². The van der Waals surface area contributed by atoms with Crippen molar-refractivity contribution >= 4 is 23.2 Å². The molecule has 2 aromatic rings. The molecule has 23 heavy (non-hydrogen) atoms. The van der Waals surface area contributed by atoms with E-state index < -0.39 is 0 Å². The van der Waals surface area contributed by atoms with Gasteiger partial charge in [-0.25, -0.2) is 4.98 Å². The Morgan fingerprint density at radius 1 is 1.35 bits per heavy atom. The van der Waals surface area contributed by atoms with Gasteiger partial charge in [-0.15, -0.1) is 0 Å². The molecule has 0 radical (unpaired) electrons. The molecule has 1 aliphatic heterocycles. The molecule has 4 rings (SSSR count). The number of amides is 2. The molecular formula is C16H18N4O2S. The summed E-state index contributed by atoms with van der Waals surface area (Å²) in [5, 5.41) is 6.77. The summed E-state index contributed by atoms with van der Waals surface area (Å²) in [5.74, 6) is 1.31. The smallest absolute Gasteiger partial charge is 0.255 e. The topological polar surface area (TPSA) is 67.2 Å². The molecular weight excluding hydrogens is 312 g/mol. The largest absolute Gasteiger partial charge is 0.350 e. The van der Waals surface area contributed by atoms with Gasteiger partial charge in [0.2, 0.25) is 5.91 Å². The SMILES string of the molecule is O=C(NCc1cnc2n1CCN(C(=O)c1ccsc1)C2)C1CC1. The summed E-state index contributed by atoms with van der Waals surface area (Å²) in [6.07, 6.45) is 3.83. The standard InChI is InChI=1S/C16H18N4O2S/c21-15(11-1-2-11)18-8-13-7-17-14-9-19(4-5-20(13)14)16(22)12-3-6-23-10-12/h3,6-7,10-11H,1-2,4-5,8-9H2,(H,18,21). The van der Waals surface area contributed by atoms with E-state index in [1.54, 1.807) is 6.20 Å². The molecule has 2 aliphatic rings. The van der Waals surface area contributed by atoms with Crippen molar-refractivity contribution in [3.8, 4) is 0 Å². The first kappa shape index (κ1) is 14.4. The summed E-state index contributed by atoms with van der Waals surface area (Å²) in [6.45, 7) is 2.42. The fourth-order valence-corrected chi connectivity index (χ4v) is 3.50. The van der Waals surface area contributed by atoms with Gasteiger partial charge < -0.3 is 14.8 Å². The Bertz CT molecular complexity index is 733. The van der Waals surface area contributed by atoms with Crippen molar-refractivity contribution in [1.29, 1.82) is 0 Å². The molecule has 0 bridgehead atoms. The lowest BCUT2D eigenvalue weighted by Crippen LogP contribution is -2.39. The van der Waals surface area contributed by atoms with Crippen LogP contribution in [0.25, 0.3) is 0 Å². The second-order valence-electron chi connectivity index (χ2n) is 6.05. The molecule has 120 valence electrons. The van der Waals surface area contributed by atoms with E-state index in [9.17, 15) is 9.59 Å². The molecule has 3 heterocycles. The molecule has 0 unspecified atom stereocenters. The number of fused-ring (bicyclic) bond motifs is 1. The van der Waals surface area contributed by atoms with Gasteiger partial charge in [-0.1, -0.05) is 0 Å². The number of aromatic nitrogens is 2. The number of hydrogen-bond acceptors (Lipinski definition) is 4. The van der Waals surface area contributed by atoms with Gasteiger partial charge in [-0.05, 0) is 24.3 Å². The van der Waals surface area contributed by atoms with Gasteiger partial charge in [0, 0.05) is 24.4 Å². The predicted octanol–water partition coefficient (Wildman–Crippen LogP) is 1.63. The molecule has 0 atom stereocenters. The fraction of sp³-hybridized carbons (Fsp3) is 0.438. The maximum absolute atomic E-state index is 12.4. The van der Waals surface area contributed by atoms with Gasteiger partial charge in [-0.3, -0.25) is 9.59 Å². The van der Waals surface area contributed by atoms with E-state index in [1.807, 2.05) is 21.7 Å². The number of hydrogen-bond donors (Lipinski definition) is 1. The highest BCUT2D eigenvalue weighted by Gasteiger charge is 2.30. The van der Waals surface area contributed by atoms with E-state index in [4.69, 9.17) is 0 Å². The van der Waals surface area contributed by atoms with Crippen LogP contribution in [0.15, 0.2) is 23.0 Å². The lowest BCUT2D eigenvalue weighted by molar-refractivity contribution is -0.122. The molecule has 0 spiro atoms. The highest BCUT2D eigenvalue weighted by Crippen LogP contribution is 2.28. The third-order valence-electron chi connectivity index (χ3n) is 4.39. The number of nitrogens with one attached hydrogen (secondary N) is 1. The van der Waals surface area contributed by atoms with Gasteiger partial charge >= 0.3 is 0 Å². The maximum Gasteiger partial charge on any atom is 0.255 e. The molecule has 0 saturated heterocycles. The van der Waals surface area contributed by atoms with Gasteiger partial charge in [0.15, 0.2) is 0 Å². The van der Waals surface area contributed by atoms with Crippen LogP contribution < -0.4 is 5.32 Å². The summed E-state index contributed by atoms with van der Waals surface area (Å²) in [6, 6.07) is 1.85. The average Bonchev–Trinajstić information content (AvgIpc) is 3.13. The summed E-state index contributed by atoms with van der Waals surface area (Å²) in [4.78, 5) is 30.4. The van der Waals surface area contributed by atoms with Crippen LogP contribution in [0.1, 0.15) is 34.7 Å². The lowest BCUT2D eigenvalue weighted by Gasteiger charge is -2.28. The second kappa shape index (κ2) is 5.81. The van der Waals surface area contributed by atoms with Crippen molar-refractivity contribution in [2.24, 2.45) is 5.92 Å². The number of imidazole rings is 1. The van der Waals surface area contributed by atoms with Gasteiger partial charge in [0.05, 0.1) is 30.5 Å². The van der Waals surface area contributed by atoms with Crippen LogP contribution in [0.2, 0.25) is 0 Å². The Morgan fingerprint density at radius 3 is 2.96 bits per heavy atom. The first-order valence-electron chi connectivity index (χ1n) is 7.85. The van der Waals surface area contributed by atoms with E-state index in [0.29, 0.717) is 19.6 Å². The zero-order valence-corrected chi connectivity index (χ0v) is 13.5. The van der Waals surface area contributed by atoms with E-state index in [0.717, 1.165) is 36.5 Å². The van der Waals surface area contributed by atoms with E-state index >= 15 is 0 Å². The molecule has 1 fully saturated rings. The van der Waals surface area contributed by atoms with Crippen LogP contribution in [0.3, 0.4) is 0 Å². The third-order valence-corrected chi connectivity index (χ3v) is 5.08. The van der Waals surface area contributed by atoms with E-state index in [-0.39, 0.29) is 17.7 Å². The summed E-state index contributed by atoms with van der Waals surface area (Å²) in [5.41, 5.74) is 1.75. The Kier molecular flexibility index (Phi) is 3.65. The first-order valence-corrected chi connectivity index (χ1v) is 8.79. The summed E-state index contributed by atoms with van der Waals surface area (Å²) in [7, 11) is 0. The Hall–Kier alpha value is -2.15. The molecule has 1 aliphatic carbocycles. The van der Waals surface area contributed by atoms with Crippen LogP contribution in [-0.2, 0) is 24.4 Å². The van der Waals surface area contributed by atoms with Crippen LogP contribution in [0, 0.1) is 5.92 Å². The Morgan fingerprint density at radius 2 is 2.22 bits per heavy atom. The number of rotatable bonds is 4. The van der Waals surface area contributed by atoms with Crippen molar-refractivity contribution in [2.75, 3.05) is 6.54 Å². The monoisotopic (exact) mass is 330 g/mol. The van der Waals surface area contributed by atoms with Crippen LogP contribution in [-0.4, -0.2) is 32.8 Å². The average molecular weight is 330 g/mol. The van der Waals surface area contributed by atoms with Crippen molar-refractivity contribution in [1.82, 2.24) is 19.8 Å². The Balaban J connectivity index is 1.42. The quantitative estimate of drug-likeness (QED) is 0.926. The van der Waals surface area contributed by atoms with Gasteiger partial charge in [0.1, 0.15) is 5.82 Å². The Labute approximate surface area is 138 Å².